The second-order valence-corrected chi connectivity index (χ2v) is 26.3. The van der Waals surface area contributed by atoms with Crippen LogP contribution in [0.25, 0.3) is 280 Å². The van der Waals surface area contributed by atoms with Crippen LogP contribution in [0, 0.1) is 0 Å². The van der Waals surface area contributed by atoms with E-state index in [1.807, 2.05) is 0 Å². The van der Waals surface area contributed by atoms with Gasteiger partial charge < -0.3 is 0 Å². The summed E-state index contributed by atoms with van der Waals surface area (Å²) in [5.74, 6) is 0.108. The largest absolute Gasteiger partial charge is 0.149 e. The van der Waals surface area contributed by atoms with Gasteiger partial charge in [-0.3, -0.25) is 0 Å². The first kappa shape index (κ1) is 25.5. The quantitative estimate of drug-likeness (QED) is 0.120. The molecule has 5 aliphatic carbocycles. The first-order valence-corrected chi connectivity index (χ1v) is 25.6. The lowest BCUT2D eigenvalue weighted by molar-refractivity contribution is 0.556. The number of hydrogen-bond donors (Lipinski definition) is 0. The molecule has 278 valence electrons. The standard InChI is InChI=1S/C62H2Cl4/c63-1-60(64,65)61-54-46-37-30-17-10-4-5-7-3-2-6(4)15(17)21-19-8(2)12-9(3)20-22-16(7)18-11(5)14-13(10)24-32-25(14)34-31(18)38-36(22)40-27(20)29-23(12)28-26(19)39(35(21)37)50(54)52-41(28)42(29)53-51(40)55-47(38)44(34)49-45(32)48(43(46)33(24)30)56(61)58(49)62(55,66)59(53)57(52)61/h1H2. The zero-order chi connectivity index (χ0) is 39.7. The smallest absolute Gasteiger partial charge is 0.123 e. The molecule has 0 saturated carbocycles. The van der Waals surface area contributed by atoms with E-state index in [2.05, 4.69) is 0 Å². The minimum absolute atomic E-state index is 0.108. The maximum absolute atomic E-state index is 9.38. The summed E-state index contributed by atoms with van der Waals surface area (Å²) in [5, 5.41) is 79.5. The van der Waals surface area contributed by atoms with E-state index in [9.17, 15) is 11.6 Å². The van der Waals surface area contributed by atoms with E-state index in [1.54, 1.807) is 145 Å². The summed E-state index contributed by atoms with van der Waals surface area (Å²) >= 11 is 33.9. The van der Waals surface area contributed by atoms with E-state index in [1.165, 1.54) is 168 Å². The highest BCUT2D eigenvalue weighted by Gasteiger charge is 2.71. The molecule has 32 rings (SSSR count). The third-order valence-electron chi connectivity index (χ3n) is 23.9. The van der Waals surface area contributed by atoms with Crippen molar-refractivity contribution in [3.05, 3.63) is 33.4 Å². The van der Waals surface area contributed by atoms with Gasteiger partial charge in [0.05, 0.1) is 11.3 Å². The van der Waals surface area contributed by atoms with Crippen LogP contribution in [-0.4, -0.2) is 10.2 Å². The van der Waals surface area contributed by atoms with Crippen LogP contribution in [0.2, 0.25) is 0 Å². The molecule has 0 spiro atoms. The first-order valence-electron chi connectivity index (χ1n) is 23.9. The van der Waals surface area contributed by atoms with Crippen molar-refractivity contribution in [3.63, 3.8) is 0 Å². The van der Waals surface area contributed by atoms with Crippen molar-refractivity contribution in [2.75, 3.05) is 5.88 Å². The summed E-state index contributed by atoms with van der Waals surface area (Å²) < 4.78 is -1.38. The highest BCUT2D eigenvalue weighted by Crippen LogP contribution is 2.85. The molecule has 5 aliphatic rings. The number of alkyl halides is 4. The second-order valence-electron chi connectivity index (χ2n) is 24.0. The van der Waals surface area contributed by atoms with Crippen LogP contribution in [0.1, 0.15) is 33.4 Å². The van der Waals surface area contributed by atoms with Gasteiger partial charge in [-0.05, 0) is 313 Å². The summed E-state index contributed by atoms with van der Waals surface area (Å²) in [6.07, 6.45) is 0. The van der Waals surface area contributed by atoms with Gasteiger partial charge in [0, 0.05) is 0 Å². The van der Waals surface area contributed by atoms with Crippen LogP contribution in [0.5, 0.6) is 0 Å². The minimum atomic E-state index is -1.38. The molecule has 2 atom stereocenters. The average Bonchev–Trinajstić information content (AvgIpc) is 4.16. The third kappa shape index (κ3) is 1.30. The van der Waals surface area contributed by atoms with Crippen molar-refractivity contribution in [1.82, 2.24) is 0 Å². The van der Waals surface area contributed by atoms with E-state index in [-0.39, 0.29) is 5.88 Å². The van der Waals surface area contributed by atoms with Gasteiger partial charge in [-0.1, -0.05) is 23.2 Å². The Morgan fingerprint density at radius 3 is 0.636 bits per heavy atom. The number of benzene rings is 17. The van der Waals surface area contributed by atoms with Crippen molar-refractivity contribution < 1.29 is 0 Å². The maximum atomic E-state index is 9.38. The summed E-state index contributed by atoms with van der Waals surface area (Å²) in [7, 11) is 0. The van der Waals surface area contributed by atoms with E-state index in [4.69, 9.17) is 34.8 Å². The molecule has 2 unspecified atom stereocenters. The molecular weight excluding hydrogens is 886 g/mol. The van der Waals surface area contributed by atoms with E-state index in [0.717, 1.165) is 0 Å². The van der Waals surface area contributed by atoms with Crippen molar-refractivity contribution in [3.8, 4) is 0 Å². The number of hydrogen-bond acceptors (Lipinski definition) is 0. The average molecular weight is 889 g/mol. The molecule has 0 bridgehead atoms. The zero-order valence-electron chi connectivity index (χ0n) is 32.7. The Morgan fingerprint density at radius 1 is 0.212 bits per heavy atom. The van der Waals surface area contributed by atoms with Gasteiger partial charge >= 0.3 is 0 Å². The van der Waals surface area contributed by atoms with Gasteiger partial charge in [-0.15, -0.1) is 23.2 Å². The van der Waals surface area contributed by atoms with Gasteiger partial charge in [0.2, 0.25) is 0 Å². The molecule has 0 aromatic heterocycles. The number of halogens is 4. The third-order valence-corrected chi connectivity index (χ3v) is 26.0. The summed E-state index contributed by atoms with van der Waals surface area (Å²) in [6, 6.07) is 0. The summed E-state index contributed by atoms with van der Waals surface area (Å²) in [6.45, 7) is 0. The summed E-state index contributed by atoms with van der Waals surface area (Å²) in [4.78, 5) is -0.901. The first-order chi connectivity index (χ1) is 32.5. The van der Waals surface area contributed by atoms with Crippen molar-refractivity contribution in [2.45, 2.75) is 14.6 Å². The lowest BCUT2D eigenvalue weighted by atomic mass is 9.57. The van der Waals surface area contributed by atoms with E-state index >= 15 is 0 Å². The Labute approximate surface area is 377 Å². The fraction of sp³-hybridized carbons (Fsp3) is 0.0645. The van der Waals surface area contributed by atoms with Gasteiger partial charge in [0.25, 0.3) is 0 Å². The Balaban J connectivity index is 1.28. The van der Waals surface area contributed by atoms with Gasteiger partial charge in [0.15, 0.2) is 0 Å². The molecule has 27 aromatic carbocycles. The highest BCUT2D eigenvalue weighted by atomic mass is 35.5. The fourth-order valence-corrected chi connectivity index (χ4v) is 25.1. The molecular formula is C62H2Cl4. The Morgan fingerprint density at radius 2 is 0.364 bits per heavy atom. The predicted octanol–water partition coefficient (Wildman–Crippen LogP) is 18.6. The molecule has 0 heterocycles. The summed E-state index contributed by atoms with van der Waals surface area (Å²) in [5.41, 5.74) is 7.11. The van der Waals surface area contributed by atoms with Crippen molar-refractivity contribution in [2.24, 2.45) is 0 Å². The van der Waals surface area contributed by atoms with Crippen LogP contribution in [0.4, 0.5) is 0 Å². The molecule has 0 saturated heterocycles. The van der Waals surface area contributed by atoms with E-state index in [0.29, 0.717) is 0 Å². The molecule has 0 aliphatic heterocycles. The molecule has 0 radical (unpaired) electrons. The van der Waals surface area contributed by atoms with Gasteiger partial charge in [-0.25, -0.2) is 0 Å². The lowest BCUT2D eigenvalue weighted by Gasteiger charge is -2.50. The second kappa shape index (κ2) is 5.59. The van der Waals surface area contributed by atoms with Gasteiger partial charge in [-0.2, -0.15) is 0 Å². The van der Waals surface area contributed by atoms with Crippen LogP contribution >= 0.6 is 46.4 Å². The Bertz CT molecular complexity index is 7110. The predicted molar refractivity (Wildman–Crippen MR) is 283 cm³/mol. The number of rotatable bonds is 2. The van der Waals surface area contributed by atoms with Crippen molar-refractivity contribution >= 4 is 326 Å². The molecule has 27 aromatic rings. The Hall–Kier alpha value is -6.38. The van der Waals surface area contributed by atoms with Crippen LogP contribution in [-0.2, 0) is 10.3 Å². The van der Waals surface area contributed by atoms with Crippen LogP contribution in [0.15, 0.2) is 0 Å². The normalized spacial score (nSPS) is 22.7. The minimum Gasteiger partial charge on any atom is -0.123 e. The van der Waals surface area contributed by atoms with E-state index < -0.39 is 14.6 Å². The highest BCUT2D eigenvalue weighted by molar-refractivity contribution is 6.82. The molecule has 0 fully saturated rings. The lowest BCUT2D eigenvalue weighted by Crippen LogP contribution is -2.51. The monoisotopic (exact) mass is 886 g/mol. The molecule has 66 heavy (non-hydrogen) atoms. The molecule has 4 heteroatoms. The fourth-order valence-electron chi connectivity index (χ4n) is 23.8. The SMILES string of the molecule is ClCC(Cl)(Cl)C12c3c4c5c6c7c8c9c%10c(c1c1c%11c2c2c%12c3c5c3c5c6c6c7c7c9c9c%13c%10c1c1c%10c%11c%11c2c2c%12c3c3c5c5c6c6c7c9c7c(c%131)c1c%10c%11c9c2c3c2c9c1c7c6c52)C48Cl. The van der Waals surface area contributed by atoms with Crippen LogP contribution < -0.4 is 0 Å². The van der Waals surface area contributed by atoms with Crippen LogP contribution in [0.3, 0.4) is 0 Å². The molecule has 0 N–H and O–H groups in total. The molecule has 0 amide bonds. The zero-order valence-corrected chi connectivity index (χ0v) is 35.7. The maximum Gasteiger partial charge on any atom is 0.149 e. The van der Waals surface area contributed by atoms with Gasteiger partial charge in [0.1, 0.15) is 9.21 Å². The topological polar surface area (TPSA) is 0 Å². The Kier molecular flexibility index (Phi) is 2.16. The molecule has 0 nitrogen and oxygen atoms in total. The van der Waals surface area contributed by atoms with Crippen molar-refractivity contribution in [1.29, 1.82) is 0 Å².